The zero-order valence-electron chi connectivity index (χ0n) is 24.7. The Labute approximate surface area is 258 Å². The summed E-state index contributed by atoms with van der Waals surface area (Å²) in [5, 5.41) is 15.2. The van der Waals surface area contributed by atoms with Gasteiger partial charge in [-0.1, -0.05) is 61.0 Å². The maximum Gasteiger partial charge on any atom is 0.323 e. The second kappa shape index (κ2) is 14.5. The average Bonchev–Trinajstić information content (AvgIpc) is 3.07. The van der Waals surface area contributed by atoms with Gasteiger partial charge in [-0.2, -0.15) is 0 Å². The van der Waals surface area contributed by atoms with Crippen LogP contribution >= 0.6 is 0 Å². The number of benzene rings is 4. The van der Waals surface area contributed by atoms with Gasteiger partial charge < -0.3 is 34.9 Å². The standard InChI is InChI=1S/C36H39N3O5/c40-25-26-9-11-27(12-10-26)34-23-33(24-39-21-5-2-6-22-39)43-35(44-34)28-13-15-29(16-14-28)37-36(41)38-30-17-19-32(20-18-30)42-31-7-3-1-4-8-31/h1,3-4,7-20,33-35,40H,2,5-6,21-25H2,(H2,37,38,41). The van der Waals surface area contributed by atoms with Gasteiger partial charge in [0, 0.05) is 29.9 Å². The number of hydrogen-bond acceptors (Lipinski definition) is 6. The van der Waals surface area contributed by atoms with Crippen LogP contribution in [-0.4, -0.2) is 41.8 Å². The highest BCUT2D eigenvalue weighted by molar-refractivity contribution is 5.99. The first-order chi connectivity index (χ1) is 21.6. The molecule has 0 radical (unpaired) electrons. The van der Waals surface area contributed by atoms with E-state index in [1.165, 1.54) is 19.3 Å². The number of urea groups is 1. The lowest BCUT2D eigenvalue weighted by Gasteiger charge is -2.39. The molecule has 2 amide bonds. The molecule has 8 heteroatoms. The van der Waals surface area contributed by atoms with E-state index in [4.69, 9.17) is 14.2 Å². The molecule has 2 heterocycles. The number of aliphatic hydroxyl groups is 1. The monoisotopic (exact) mass is 593 g/mol. The van der Waals surface area contributed by atoms with Gasteiger partial charge >= 0.3 is 6.03 Å². The Kier molecular flexibility index (Phi) is 9.84. The number of rotatable bonds is 9. The Morgan fingerprint density at radius 3 is 2.02 bits per heavy atom. The molecule has 4 aromatic carbocycles. The number of para-hydroxylation sites is 1. The minimum atomic E-state index is -0.527. The fourth-order valence-corrected chi connectivity index (χ4v) is 5.71. The van der Waals surface area contributed by atoms with Crippen LogP contribution in [0.2, 0.25) is 0 Å². The predicted molar refractivity (Wildman–Crippen MR) is 171 cm³/mol. The fraction of sp³-hybridized carbons (Fsp3) is 0.306. The molecule has 2 fully saturated rings. The zero-order valence-corrected chi connectivity index (χ0v) is 24.7. The minimum Gasteiger partial charge on any atom is -0.457 e. The van der Waals surface area contributed by atoms with E-state index in [2.05, 4.69) is 15.5 Å². The molecule has 2 aliphatic rings. The van der Waals surface area contributed by atoms with E-state index < -0.39 is 6.29 Å². The van der Waals surface area contributed by atoms with Gasteiger partial charge in [-0.25, -0.2) is 4.79 Å². The fourth-order valence-electron chi connectivity index (χ4n) is 5.71. The van der Waals surface area contributed by atoms with E-state index in [0.717, 1.165) is 48.5 Å². The Morgan fingerprint density at radius 1 is 0.750 bits per heavy atom. The lowest BCUT2D eigenvalue weighted by Crippen LogP contribution is -2.41. The molecule has 6 rings (SSSR count). The quantitative estimate of drug-likeness (QED) is 0.185. The number of piperidine rings is 1. The molecule has 0 saturated carbocycles. The topological polar surface area (TPSA) is 92.3 Å². The minimum absolute atomic E-state index is 0.0174. The van der Waals surface area contributed by atoms with Crippen molar-refractivity contribution in [3.8, 4) is 11.5 Å². The van der Waals surface area contributed by atoms with Crippen molar-refractivity contribution in [1.29, 1.82) is 0 Å². The van der Waals surface area contributed by atoms with Crippen LogP contribution in [0.5, 0.6) is 11.5 Å². The number of hydrogen-bond donors (Lipinski definition) is 3. The Balaban J connectivity index is 1.07. The van der Waals surface area contributed by atoms with Crippen LogP contribution in [-0.2, 0) is 16.1 Å². The summed E-state index contributed by atoms with van der Waals surface area (Å²) in [6, 6.07) is 32.0. The summed E-state index contributed by atoms with van der Waals surface area (Å²) in [5.74, 6) is 1.44. The van der Waals surface area contributed by atoms with E-state index in [9.17, 15) is 9.90 Å². The lowest BCUT2D eigenvalue weighted by molar-refractivity contribution is -0.253. The van der Waals surface area contributed by atoms with Gasteiger partial charge in [0.05, 0.1) is 18.8 Å². The number of likely N-dealkylation sites (tertiary alicyclic amines) is 1. The van der Waals surface area contributed by atoms with Crippen LogP contribution in [0, 0.1) is 0 Å². The maximum atomic E-state index is 12.7. The van der Waals surface area contributed by atoms with Crippen molar-refractivity contribution in [2.24, 2.45) is 0 Å². The largest absolute Gasteiger partial charge is 0.457 e. The summed E-state index contributed by atoms with van der Waals surface area (Å²) in [7, 11) is 0. The maximum absolute atomic E-state index is 12.7. The summed E-state index contributed by atoms with van der Waals surface area (Å²) in [6.07, 6.45) is 3.91. The Hall–Kier alpha value is -4.21. The molecule has 0 aromatic heterocycles. The van der Waals surface area contributed by atoms with Crippen LogP contribution in [0.1, 0.15) is 54.8 Å². The number of anilines is 2. The molecular formula is C36H39N3O5. The Morgan fingerprint density at radius 2 is 1.36 bits per heavy atom. The third kappa shape index (κ3) is 8.03. The van der Waals surface area contributed by atoms with Crippen molar-refractivity contribution in [3.63, 3.8) is 0 Å². The molecule has 3 N–H and O–H groups in total. The second-order valence-corrected chi connectivity index (χ2v) is 11.4. The van der Waals surface area contributed by atoms with Crippen LogP contribution in [0.15, 0.2) is 103 Å². The molecule has 3 unspecified atom stereocenters. The molecule has 2 aliphatic heterocycles. The van der Waals surface area contributed by atoms with E-state index in [0.29, 0.717) is 17.1 Å². The molecular weight excluding hydrogens is 554 g/mol. The van der Waals surface area contributed by atoms with Crippen molar-refractivity contribution in [2.75, 3.05) is 30.3 Å². The first-order valence-electron chi connectivity index (χ1n) is 15.4. The smallest absolute Gasteiger partial charge is 0.323 e. The summed E-state index contributed by atoms with van der Waals surface area (Å²) in [5.41, 5.74) is 4.16. The van der Waals surface area contributed by atoms with Gasteiger partial charge in [0.1, 0.15) is 11.5 Å². The van der Waals surface area contributed by atoms with Gasteiger partial charge in [0.2, 0.25) is 0 Å². The predicted octanol–water partition coefficient (Wildman–Crippen LogP) is 7.65. The van der Waals surface area contributed by atoms with Crippen molar-refractivity contribution in [1.82, 2.24) is 4.90 Å². The van der Waals surface area contributed by atoms with Crippen LogP contribution < -0.4 is 15.4 Å². The van der Waals surface area contributed by atoms with E-state index in [-0.39, 0.29) is 24.8 Å². The number of aliphatic hydroxyl groups excluding tert-OH is 1. The number of amides is 2. The summed E-state index contributed by atoms with van der Waals surface area (Å²) in [6.45, 7) is 3.11. The third-order valence-electron chi connectivity index (χ3n) is 8.06. The van der Waals surface area contributed by atoms with Crippen LogP contribution in [0.4, 0.5) is 16.2 Å². The molecule has 0 spiro atoms. The lowest BCUT2D eigenvalue weighted by atomic mass is 9.99. The SMILES string of the molecule is O=C(Nc1ccc(Oc2ccccc2)cc1)Nc1ccc(C2OC(CN3CCCCC3)CC(c3ccc(CO)cc3)O2)cc1. The summed E-state index contributed by atoms with van der Waals surface area (Å²) >= 11 is 0. The number of nitrogens with zero attached hydrogens (tertiary/aromatic N) is 1. The second-order valence-electron chi connectivity index (χ2n) is 11.4. The van der Waals surface area contributed by atoms with Crippen molar-refractivity contribution >= 4 is 17.4 Å². The van der Waals surface area contributed by atoms with Crippen LogP contribution in [0.25, 0.3) is 0 Å². The Bertz CT molecular complexity index is 1470. The molecule has 44 heavy (non-hydrogen) atoms. The first-order valence-corrected chi connectivity index (χ1v) is 15.4. The van der Waals surface area contributed by atoms with Gasteiger partial charge in [-0.05, 0) is 85.6 Å². The van der Waals surface area contributed by atoms with Crippen molar-refractivity contribution in [2.45, 2.75) is 50.8 Å². The molecule has 3 atom stereocenters. The molecule has 2 saturated heterocycles. The van der Waals surface area contributed by atoms with Crippen molar-refractivity contribution in [3.05, 3.63) is 120 Å². The van der Waals surface area contributed by atoms with Gasteiger partial charge in [0.15, 0.2) is 6.29 Å². The molecule has 228 valence electrons. The first kappa shape index (κ1) is 29.8. The molecule has 4 aromatic rings. The molecule has 8 nitrogen and oxygen atoms in total. The highest BCUT2D eigenvalue weighted by atomic mass is 16.7. The van der Waals surface area contributed by atoms with E-state index >= 15 is 0 Å². The van der Waals surface area contributed by atoms with Crippen LogP contribution in [0.3, 0.4) is 0 Å². The molecule has 0 aliphatic carbocycles. The summed E-state index contributed by atoms with van der Waals surface area (Å²) < 4.78 is 18.8. The van der Waals surface area contributed by atoms with E-state index in [1.807, 2.05) is 91.0 Å². The summed E-state index contributed by atoms with van der Waals surface area (Å²) in [4.78, 5) is 15.2. The van der Waals surface area contributed by atoms with Gasteiger partial charge in [-0.15, -0.1) is 0 Å². The van der Waals surface area contributed by atoms with Crippen molar-refractivity contribution < 1.29 is 24.1 Å². The number of carbonyl (C=O) groups is 1. The zero-order chi connectivity index (χ0) is 30.1. The van der Waals surface area contributed by atoms with Gasteiger partial charge in [-0.3, -0.25) is 0 Å². The highest BCUT2D eigenvalue weighted by Gasteiger charge is 2.33. The molecule has 0 bridgehead atoms. The number of ether oxygens (including phenoxy) is 3. The van der Waals surface area contributed by atoms with Gasteiger partial charge in [0.25, 0.3) is 0 Å². The normalized spacial score (nSPS) is 20.5. The highest BCUT2D eigenvalue weighted by Crippen LogP contribution is 2.38. The number of carbonyl (C=O) groups excluding carboxylic acids is 1. The van der Waals surface area contributed by atoms with E-state index in [1.54, 1.807) is 12.1 Å². The number of nitrogens with one attached hydrogen (secondary N) is 2. The average molecular weight is 594 g/mol. The third-order valence-corrected chi connectivity index (χ3v) is 8.06.